The highest BCUT2D eigenvalue weighted by Crippen LogP contribution is 2.18. The summed E-state index contributed by atoms with van der Waals surface area (Å²) in [5.74, 6) is 2.05. The Morgan fingerprint density at radius 2 is 2.00 bits per heavy atom. The number of rotatable bonds is 4. The Morgan fingerprint density at radius 1 is 1.23 bits per heavy atom. The second kappa shape index (κ2) is 10.1. The molecule has 0 radical (unpaired) electrons. The van der Waals surface area contributed by atoms with Crippen LogP contribution in [0.15, 0.2) is 29.4 Å². The number of pyridine rings is 1. The van der Waals surface area contributed by atoms with Gasteiger partial charge in [0.05, 0.1) is 17.2 Å². The summed E-state index contributed by atoms with van der Waals surface area (Å²) in [6.45, 7) is 11.6. The summed E-state index contributed by atoms with van der Waals surface area (Å²) in [6.07, 6.45) is 1.85. The number of hydrogen-bond donors (Lipinski definition) is 1. The monoisotopic (exact) mass is 486 g/mol. The molecule has 0 amide bonds. The van der Waals surface area contributed by atoms with Gasteiger partial charge in [-0.05, 0) is 32.9 Å². The lowest BCUT2D eigenvalue weighted by molar-refractivity contribution is 0.371. The molecule has 1 aliphatic heterocycles. The number of thiazole rings is 1. The summed E-state index contributed by atoms with van der Waals surface area (Å²) in [5, 5.41) is 4.54. The number of aliphatic imine (C=N–C) groups is 1. The molecule has 1 N–H and O–H groups in total. The van der Waals surface area contributed by atoms with E-state index in [-0.39, 0.29) is 24.0 Å². The molecule has 26 heavy (non-hydrogen) atoms. The lowest BCUT2D eigenvalue weighted by Crippen LogP contribution is -2.52. The fourth-order valence-electron chi connectivity index (χ4n) is 2.98. The Hall–Kier alpha value is -1.42. The molecule has 1 saturated heterocycles. The molecule has 142 valence electrons. The van der Waals surface area contributed by atoms with Crippen molar-refractivity contribution in [1.29, 1.82) is 0 Å². The Bertz CT molecular complexity index is 710. The molecular formula is C18H27IN6S. The van der Waals surface area contributed by atoms with Crippen LogP contribution >= 0.6 is 35.3 Å². The van der Waals surface area contributed by atoms with Gasteiger partial charge in [-0.2, -0.15) is 0 Å². The minimum absolute atomic E-state index is 0. The average Bonchev–Trinajstić information content (AvgIpc) is 2.97. The van der Waals surface area contributed by atoms with Crippen molar-refractivity contribution in [2.24, 2.45) is 4.99 Å². The van der Waals surface area contributed by atoms with Crippen LogP contribution in [0.5, 0.6) is 0 Å². The molecule has 0 atom stereocenters. The molecule has 2 aromatic heterocycles. The second-order valence-electron chi connectivity index (χ2n) is 6.07. The van der Waals surface area contributed by atoms with Crippen molar-refractivity contribution in [3.8, 4) is 0 Å². The molecule has 1 fully saturated rings. The number of halogens is 1. The number of nitrogens with one attached hydrogen (secondary N) is 1. The van der Waals surface area contributed by atoms with E-state index in [1.807, 2.05) is 25.3 Å². The Kier molecular flexibility index (Phi) is 8.08. The van der Waals surface area contributed by atoms with Gasteiger partial charge in [0.1, 0.15) is 5.82 Å². The van der Waals surface area contributed by atoms with Crippen LogP contribution < -0.4 is 10.2 Å². The number of hydrogen-bond acceptors (Lipinski definition) is 5. The van der Waals surface area contributed by atoms with Gasteiger partial charge in [0, 0.05) is 43.8 Å². The van der Waals surface area contributed by atoms with E-state index in [2.05, 4.69) is 45.0 Å². The van der Waals surface area contributed by atoms with Crippen molar-refractivity contribution in [3.63, 3.8) is 0 Å². The quantitative estimate of drug-likeness (QED) is 0.409. The third-order valence-electron chi connectivity index (χ3n) is 4.26. The molecule has 0 aromatic carbocycles. The fourth-order valence-corrected chi connectivity index (χ4v) is 3.84. The van der Waals surface area contributed by atoms with E-state index < -0.39 is 0 Å². The van der Waals surface area contributed by atoms with E-state index >= 15 is 0 Å². The number of aryl methyl sites for hydroxylation is 2. The summed E-state index contributed by atoms with van der Waals surface area (Å²) in [7, 11) is 0. The maximum atomic E-state index is 4.85. The molecule has 1 aliphatic rings. The SMILES string of the molecule is CCNC(=NCc1sc(C)nc1C)N1CCN(c2ccccn2)CC1.I. The molecule has 0 saturated carbocycles. The summed E-state index contributed by atoms with van der Waals surface area (Å²) in [6, 6.07) is 6.07. The lowest BCUT2D eigenvalue weighted by atomic mass is 10.3. The molecule has 0 spiro atoms. The minimum Gasteiger partial charge on any atom is -0.357 e. The van der Waals surface area contributed by atoms with Crippen LogP contribution in [0, 0.1) is 13.8 Å². The highest BCUT2D eigenvalue weighted by atomic mass is 127. The summed E-state index contributed by atoms with van der Waals surface area (Å²) < 4.78 is 0. The van der Waals surface area contributed by atoms with Crippen molar-refractivity contribution in [2.45, 2.75) is 27.3 Å². The smallest absolute Gasteiger partial charge is 0.194 e. The molecule has 0 bridgehead atoms. The van der Waals surface area contributed by atoms with Crippen molar-refractivity contribution in [3.05, 3.63) is 40.0 Å². The number of nitrogens with zero attached hydrogens (tertiary/aromatic N) is 5. The summed E-state index contributed by atoms with van der Waals surface area (Å²) >= 11 is 1.74. The highest BCUT2D eigenvalue weighted by molar-refractivity contribution is 14.0. The largest absolute Gasteiger partial charge is 0.357 e. The van der Waals surface area contributed by atoms with Gasteiger partial charge in [0.15, 0.2) is 5.96 Å². The predicted molar refractivity (Wildman–Crippen MR) is 120 cm³/mol. The van der Waals surface area contributed by atoms with Gasteiger partial charge >= 0.3 is 0 Å². The van der Waals surface area contributed by atoms with Crippen molar-refractivity contribution in [1.82, 2.24) is 20.2 Å². The van der Waals surface area contributed by atoms with Crippen LogP contribution in [-0.4, -0.2) is 53.6 Å². The molecule has 2 aromatic rings. The molecule has 3 heterocycles. The normalized spacial score (nSPS) is 15.0. The maximum Gasteiger partial charge on any atom is 0.194 e. The topological polar surface area (TPSA) is 56.7 Å². The Balaban J connectivity index is 0.00000243. The number of guanidine groups is 1. The van der Waals surface area contributed by atoms with E-state index in [0.29, 0.717) is 6.54 Å². The van der Waals surface area contributed by atoms with Gasteiger partial charge in [-0.1, -0.05) is 6.07 Å². The molecule has 3 rings (SSSR count). The van der Waals surface area contributed by atoms with Gasteiger partial charge in [0.2, 0.25) is 0 Å². The first-order valence-electron chi connectivity index (χ1n) is 8.79. The van der Waals surface area contributed by atoms with E-state index in [1.165, 1.54) is 4.88 Å². The van der Waals surface area contributed by atoms with Crippen molar-refractivity contribution in [2.75, 3.05) is 37.6 Å². The molecule has 6 nitrogen and oxygen atoms in total. The first-order valence-corrected chi connectivity index (χ1v) is 9.61. The maximum absolute atomic E-state index is 4.85. The van der Waals surface area contributed by atoms with Gasteiger partial charge in [-0.25, -0.2) is 15.0 Å². The van der Waals surface area contributed by atoms with Gasteiger partial charge in [-0.3, -0.25) is 0 Å². The van der Waals surface area contributed by atoms with Crippen molar-refractivity contribution >= 4 is 47.1 Å². The standard InChI is InChI=1S/C18H26N6S.HI/c1-4-19-18(21-13-16-14(2)22-15(3)25-16)24-11-9-23(10-12-24)17-7-5-6-8-20-17;/h5-8H,4,9-13H2,1-3H3,(H,19,21);1H. The van der Waals surface area contributed by atoms with Gasteiger partial charge in [-0.15, -0.1) is 35.3 Å². The van der Waals surface area contributed by atoms with Gasteiger partial charge in [0.25, 0.3) is 0 Å². The zero-order valence-corrected chi connectivity index (χ0v) is 18.8. The molecule has 8 heteroatoms. The number of anilines is 1. The molecule has 0 aliphatic carbocycles. The third kappa shape index (κ3) is 5.29. The van der Waals surface area contributed by atoms with E-state index in [9.17, 15) is 0 Å². The molecular weight excluding hydrogens is 459 g/mol. The van der Waals surface area contributed by atoms with Crippen LogP contribution in [0.1, 0.15) is 22.5 Å². The van der Waals surface area contributed by atoms with Crippen LogP contribution in [-0.2, 0) is 6.54 Å². The first kappa shape index (κ1) is 20.9. The van der Waals surface area contributed by atoms with Gasteiger partial charge < -0.3 is 15.1 Å². The second-order valence-corrected chi connectivity index (χ2v) is 7.36. The first-order chi connectivity index (χ1) is 12.2. The van der Waals surface area contributed by atoms with E-state index in [1.54, 1.807) is 11.3 Å². The Morgan fingerprint density at radius 3 is 2.58 bits per heavy atom. The summed E-state index contributed by atoms with van der Waals surface area (Å²) in [5.41, 5.74) is 1.10. The van der Waals surface area contributed by atoms with Crippen LogP contribution in [0.3, 0.4) is 0 Å². The molecule has 0 unspecified atom stereocenters. The Labute approximate surface area is 176 Å². The van der Waals surface area contributed by atoms with Crippen LogP contribution in [0.25, 0.3) is 0 Å². The fraction of sp³-hybridized carbons (Fsp3) is 0.500. The minimum atomic E-state index is 0. The third-order valence-corrected chi connectivity index (χ3v) is 5.32. The number of piperazine rings is 1. The number of aromatic nitrogens is 2. The van der Waals surface area contributed by atoms with Crippen molar-refractivity contribution < 1.29 is 0 Å². The van der Waals surface area contributed by atoms with E-state index in [4.69, 9.17) is 4.99 Å². The van der Waals surface area contributed by atoms with Crippen LogP contribution in [0.4, 0.5) is 5.82 Å². The lowest BCUT2D eigenvalue weighted by Gasteiger charge is -2.37. The predicted octanol–water partition coefficient (Wildman–Crippen LogP) is 3.06. The summed E-state index contributed by atoms with van der Waals surface area (Å²) in [4.78, 5) is 19.7. The van der Waals surface area contributed by atoms with Crippen LogP contribution in [0.2, 0.25) is 0 Å². The average molecular weight is 486 g/mol. The van der Waals surface area contributed by atoms with E-state index in [0.717, 1.165) is 55.2 Å². The zero-order valence-electron chi connectivity index (χ0n) is 15.6. The zero-order chi connectivity index (χ0) is 17.6. The highest BCUT2D eigenvalue weighted by Gasteiger charge is 2.20.